The molecule has 0 amide bonds. The highest BCUT2D eigenvalue weighted by Crippen LogP contribution is 2.27. The van der Waals surface area contributed by atoms with Gasteiger partial charge in [0.05, 0.1) is 11.6 Å². The van der Waals surface area contributed by atoms with Gasteiger partial charge in [-0.1, -0.05) is 13.3 Å². The van der Waals surface area contributed by atoms with Gasteiger partial charge in [0.1, 0.15) is 5.75 Å². The fraction of sp³-hybridized carbons (Fsp3) is 0.417. The number of anilines is 1. The second-order valence-corrected chi connectivity index (χ2v) is 4.85. The van der Waals surface area contributed by atoms with Crippen LogP contribution in [0.5, 0.6) is 5.75 Å². The first-order valence-electron chi connectivity index (χ1n) is 5.55. The summed E-state index contributed by atoms with van der Waals surface area (Å²) in [7, 11) is 1.64. The summed E-state index contributed by atoms with van der Waals surface area (Å²) in [6.45, 7) is 3.05. The molecule has 0 saturated carbocycles. The fourth-order valence-electron chi connectivity index (χ4n) is 1.30. The molecule has 0 radical (unpaired) electrons. The highest BCUT2D eigenvalue weighted by molar-refractivity contribution is 9.10. The summed E-state index contributed by atoms with van der Waals surface area (Å²) in [4.78, 5) is 0. The monoisotopic (exact) mass is 316 g/mol. The summed E-state index contributed by atoms with van der Waals surface area (Å²) in [5.41, 5.74) is 0.937. The molecule has 1 aromatic carbocycles. The van der Waals surface area contributed by atoms with Crippen LogP contribution in [-0.4, -0.2) is 18.8 Å². The molecular weight excluding hydrogens is 300 g/mol. The zero-order valence-corrected chi connectivity index (χ0v) is 12.5. The summed E-state index contributed by atoms with van der Waals surface area (Å²) >= 11 is 8.62. The quantitative estimate of drug-likeness (QED) is 0.643. The molecule has 5 heteroatoms. The molecule has 0 aliphatic rings. The minimum Gasteiger partial charge on any atom is -0.496 e. The first-order valence-corrected chi connectivity index (χ1v) is 6.76. The zero-order valence-electron chi connectivity index (χ0n) is 10.0. The van der Waals surface area contributed by atoms with E-state index in [0.29, 0.717) is 5.11 Å². The zero-order chi connectivity index (χ0) is 12.7. The Bertz CT molecular complexity index is 385. The van der Waals surface area contributed by atoms with Crippen LogP contribution in [0.1, 0.15) is 19.8 Å². The van der Waals surface area contributed by atoms with Crippen LogP contribution in [-0.2, 0) is 0 Å². The molecule has 1 rings (SSSR count). The van der Waals surface area contributed by atoms with Crippen LogP contribution in [0.4, 0.5) is 5.69 Å². The molecule has 0 heterocycles. The number of rotatable bonds is 5. The maximum Gasteiger partial charge on any atom is 0.170 e. The third-order valence-electron chi connectivity index (χ3n) is 2.23. The molecule has 0 unspecified atom stereocenters. The highest BCUT2D eigenvalue weighted by Gasteiger charge is 2.02. The Morgan fingerprint density at radius 3 is 2.82 bits per heavy atom. The van der Waals surface area contributed by atoms with Gasteiger partial charge in [0, 0.05) is 12.2 Å². The average Bonchev–Trinajstić information content (AvgIpc) is 2.29. The molecule has 0 aliphatic carbocycles. The van der Waals surface area contributed by atoms with Crippen LogP contribution < -0.4 is 15.4 Å². The SMILES string of the molecule is CCCCNC(=S)Nc1ccc(OC)c(Br)c1. The Kier molecular flexibility index (Phi) is 6.29. The van der Waals surface area contributed by atoms with Crippen molar-refractivity contribution in [2.45, 2.75) is 19.8 Å². The molecule has 17 heavy (non-hydrogen) atoms. The Balaban J connectivity index is 2.51. The van der Waals surface area contributed by atoms with Crippen LogP contribution in [0.2, 0.25) is 0 Å². The van der Waals surface area contributed by atoms with Gasteiger partial charge in [0.15, 0.2) is 5.11 Å². The van der Waals surface area contributed by atoms with Crippen molar-refractivity contribution in [3.8, 4) is 5.75 Å². The van der Waals surface area contributed by atoms with E-state index in [-0.39, 0.29) is 0 Å². The first-order chi connectivity index (χ1) is 8.17. The molecule has 94 valence electrons. The lowest BCUT2D eigenvalue weighted by Gasteiger charge is -2.11. The van der Waals surface area contributed by atoms with Crippen molar-refractivity contribution in [1.82, 2.24) is 5.32 Å². The summed E-state index contributed by atoms with van der Waals surface area (Å²) in [6, 6.07) is 5.76. The number of thiocarbonyl (C=S) groups is 1. The number of ether oxygens (including phenoxy) is 1. The average molecular weight is 317 g/mol. The summed E-state index contributed by atoms with van der Waals surface area (Å²) < 4.78 is 6.07. The van der Waals surface area contributed by atoms with Crippen LogP contribution in [0.3, 0.4) is 0 Å². The minimum absolute atomic E-state index is 0.649. The van der Waals surface area contributed by atoms with Gasteiger partial charge in [-0.25, -0.2) is 0 Å². The molecule has 0 spiro atoms. The number of benzene rings is 1. The van der Waals surface area contributed by atoms with Crippen molar-refractivity contribution in [2.75, 3.05) is 19.0 Å². The lowest BCUT2D eigenvalue weighted by Crippen LogP contribution is -2.29. The Morgan fingerprint density at radius 2 is 2.24 bits per heavy atom. The van der Waals surface area contributed by atoms with Crippen LogP contribution in [0.25, 0.3) is 0 Å². The Labute approximate surface area is 116 Å². The van der Waals surface area contributed by atoms with Crippen molar-refractivity contribution in [3.63, 3.8) is 0 Å². The second kappa shape index (κ2) is 7.50. The lowest BCUT2D eigenvalue weighted by atomic mass is 10.3. The van der Waals surface area contributed by atoms with Gasteiger partial charge >= 0.3 is 0 Å². The predicted molar refractivity (Wildman–Crippen MR) is 79.8 cm³/mol. The van der Waals surface area contributed by atoms with E-state index >= 15 is 0 Å². The summed E-state index contributed by atoms with van der Waals surface area (Å²) in [5.74, 6) is 0.806. The van der Waals surface area contributed by atoms with Crippen molar-refractivity contribution < 1.29 is 4.74 Å². The number of methoxy groups -OCH3 is 1. The van der Waals surface area contributed by atoms with E-state index < -0.39 is 0 Å². The van der Waals surface area contributed by atoms with Gasteiger partial charge in [-0.3, -0.25) is 0 Å². The van der Waals surface area contributed by atoms with Crippen molar-refractivity contribution in [1.29, 1.82) is 0 Å². The third kappa shape index (κ3) is 4.91. The molecule has 1 aromatic rings. The number of hydrogen-bond donors (Lipinski definition) is 2. The smallest absolute Gasteiger partial charge is 0.170 e. The molecule has 2 N–H and O–H groups in total. The third-order valence-corrected chi connectivity index (χ3v) is 3.09. The molecule has 0 aliphatic heterocycles. The van der Waals surface area contributed by atoms with Gasteiger partial charge in [-0.2, -0.15) is 0 Å². The van der Waals surface area contributed by atoms with Gasteiger partial charge in [-0.05, 0) is 52.8 Å². The number of nitrogens with one attached hydrogen (secondary N) is 2. The second-order valence-electron chi connectivity index (χ2n) is 3.58. The van der Waals surface area contributed by atoms with Crippen molar-refractivity contribution in [2.24, 2.45) is 0 Å². The molecular formula is C12H17BrN2OS. The number of halogens is 1. The van der Waals surface area contributed by atoms with E-state index in [1.807, 2.05) is 18.2 Å². The standard InChI is InChI=1S/C12H17BrN2OS/c1-3-4-7-14-12(17)15-9-5-6-11(16-2)10(13)8-9/h5-6,8H,3-4,7H2,1-2H3,(H2,14,15,17). The van der Waals surface area contributed by atoms with Crippen molar-refractivity contribution >= 4 is 38.9 Å². The van der Waals surface area contributed by atoms with Gasteiger partial charge in [0.2, 0.25) is 0 Å². The number of unbranched alkanes of at least 4 members (excludes halogenated alkanes) is 1. The summed E-state index contributed by atoms with van der Waals surface area (Å²) in [6.07, 6.45) is 2.28. The largest absolute Gasteiger partial charge is 0.496 e. The lowest BCUT2D eigenvalue weighted by molar-refractivity contribution is 0.412. The first kappa shape index (κ1) is 14.3. The van der Waals surface area contributed by atoms with E-state index in [0.717, 1.165) is 35.3 Å². The van der Waals surface area contributed by atoms with E-state index in [1.54, 1.807) is 7.11 Å². The highest BCUT2D eigenvalue weighted by atomic mass is 79.9. The van der Waals surface area contributed by atoms with Crippen molar-refractivity contribution in [3.05, 3.63) is 22.7 Å². The van der Waals surface area contributed by atoms with E-state index in [9.17, 15) is 0 Å². The molecule has 0 bridgehead atoms. The summed E-state index contributed by atoms with van der Waals surface area (Å²) in [5, 5.41) is 6.93. The van der Waals surface area contributed by atoms with Crippen LogP contribution >= 0.6 is 28.1 Å². The Hall–Kier alpha value is -0.810. The number of hydrogen-bond acceptors (Lipinski definition) is 2. The molecule has 3 nitrogen and oxygen atoms in total. The maximum atomic E-state index is 5.19. The van der Waals surface area contributed by atoms with Gasteiger partial charge in [-0.15, -0.1) is 0 Å². The molecule has 0 fully saturated rings. The topological polar surface area (TPSA) is 33.3 Å². The van der Waals surface area contributed by atoms with Crippen LogP contribution in [0.15, 0.2) is 22.7 Å². The molecule has 0 atom stereocenters. The van der Waals surface area contributed by atoms with Crippen LogP contribution in [0, 0.1) is 0 Å². The van der Waals surface area contributed by atoms with Gasteiger partial charge in [0.25, 0.3) is 0 Å². The normalized spacial score (nSPS) is 9.82. The van der Waals surface area contributed by atoms with E-state index in [1.165, 1.54) is 0 Å². The van der Waals surface area contributed by atoms with E-state index in [4.69, 9.17) is 17.0 Å². The van der Waals surface area contributed by atoms with E-state index in [2.05, 4.69) is 33.5 Å². The molecule has 0 aromatic heterocycles. The minimum atomic E-state index is 0.649. The van der Waals surface area contributed by atoms with Gasteiger partial charge < -0.3 is 15.4 Å². The fourth-order valence-corrected chi connectivity index (χ4v) is 2.06. The Morgan fingerprint density at radius 1 is 1.47 bits per heavy atom. The maximum absolute atomic E-state index is 5.19. The predicted octanol–water partition coefficient (Wildman–Crippen LogP) is 3.54. The molecule has 0 saturated heterocycles.